The molecule has 0 bridgehead atoms. The van der Waals surface area contributed by atoms with Crippen LogP contribution in [0.1, 0.15) is 13.3 Å². The van der Waals surface area contributed by atoms with Crippen LogP contribution in [0.2, 0.25) is 0 Å². The zero-order valence-corrected chi connectivity index (χ0v) is 13.5. The topological polar surface area (TPSA) is 52.6 Å². The minimum Gasteiger partial charge on any atom is -0.387 e. The van der Waals surface area contributed by atoms with Gasteiger partial charge in [0, 0.05) is 30.2 Å². The standard InChI is InChI=1S/C15H23FN2O2S/c1-15(20,11-18(2)3)10-17-14(19)8-9-21-13-7-5-4-6-12(13)16/h4-7,20H,8-11H2,1-3H3,(H,17,19). The van der Waals surface area contributed by atoms with Crippen molar-refractivity contribution in [1.82, 2.24) is 10.2 Å². The van der Waals surface area contributed by atoms with Gasteiger partial charge in [-0.3, -0.25) is 4.79 Å². The van der Waals surface area contributed by atoms with Crippen LogP contribution >= 0.6 is 11.8 Å². The number of likely N-dealkylation sites (N-methyl/N-ethyl adjacent to an activating group) is 1. The lowest BCUT2D eigenvalue weighted by Crippen LogP contribution is -2.47. The minimum absolute atomic E-state index is 0.141. The molecule has 21 heavy (non-hydrogen) atoms. The fraction of sp³-hybridized carbons (Fsp3) is 0.533. The summed E-state index contributed by atoms with van der Waals surface area (Å²) in [6.45, 7) is 2.35. The first-order valence-corrected chi connectivity index (χ1v) is 7.80. The summed E-state index contributed by atoms with van der Waals surface area (Å²) in [6.07, 6.45) is 0.289. The summed E-state index contributed by atoms with van der Waals surface area (Å²) in [4.78, 5) is 14.1. The molecule has 1 atom stereocenters. The number of thioether (sulfide) groups is 1. The van der Waals surface area contributed by atoms with Gasteiger partial charge in [-0.05, 0) is 33.2 Å². The third-order valence-corrected chi connectivity index (χ3v) is 3.80. The van der Waals surface area contributed by atoms with Crippen LogP contribution in [0.4, 0.5) is 4.39 Å². The molecule has 1 amide bonds. The van der Waals surface area contributed by atoms with E-state index in [1.807, 2.05) is 19.0 Å². The molecule has 1 rings (SSSR count). The van der Waals surface area contributed by atoms with Crippen molar-refractivity contribution in [1.29, 1.82) is 0 Å². The number of nitrogens with zero attached hydrogens (tertiary/aromatic N) is 1. The summed E-state index contributed by atoms with van der Waals surface area (Å²) in [5, 5.41) is 12.8. The summed E-state index contributed by atoms with van der Waals surface area (Å²) in [5.41, 5.74) is -0.960. The molecule has 0 heterocycles. The predicted molar refractivity (Wildman–Crippen MR) is 83.9 cm³/mol. The molecule has 1 unspecified atom stereocenters. The highest BCUT2D eigenvalue weighted by Crippen LogP contribution is 2.21. The molecule has 0 saturated heterocycles. The van der Waals surface area contributed by atoms with Gasteiger partial charge in [-0.2, -0.15) is 0 Å². The van der Waals surface area contributed by atoms with E-state index in [9.17, 15) is 14.3 Å². The normalized spacial score (nSPS) is 14.0. The second-order valence-electron chi connectivity index (χ2n) is 5.54. The minimum atomic E-state index is -0.960. The Balaban J connectivity index is 2.27. The second kappa shape index (κ2) is 8.36. The Morgan fingerprint density at radius 1 is 1.43 bits per heavy atom. The lowest BCUT2D eigenvalue weighted by Gasteiger charge is -2.27. The molecule has 6 heteroatoms. The van der Waals surface area contributed by atoms with E-state index in [1.54, 1.807) is 25.1 Å². The van der Waals surface area contributed by atoms with Gasteiger partial charge < -0.3 is 15.3 Å². The first kappa shape index (κ1) is 17.9. The predicted octanol–water partition coefficient (Wildman–Crippen LogP) is 1.74. The Hall–Kier alpha value is -1.11. The highest BCUT2D eigenvalue weighted by atomic mass is 32.2. The van der Waals surface area contributed by atoms with Crippen molar-refractivity contribution >= 4 is 17.7 Å². The van der Waals surface area contributed by atoms with E-state index >= 15 is 0 Å². The van der Waals surface area contributed by atoms with Crippen molar-refractivity contribution in [2.75, 3.05) is 32.9 Å². The smallest absolute Gasteiger partial charge is 0.220 e. The van der Waals surface area contributed by atoms with Crippen molar-refractivity contribution in [3.63, 3.8) is 0 Å². The molecule has 0 aliphatic heterocycles. The van der Waals surface area contributed by atoms with Gasteiger partial charge in [-0.15, -0.1) is 11.8 Å². The van der Waals surface area contributed by atoms with Gasteiger partial charge in [-0.25, -0.2) is 4.39 Å². The number of aliphatic hydroxyl groups is 1. The molecule has 0 fully saturated rings. The van der Waals surface area contributed by atoms with Crippen molar-refractivity contribution in [3.05, 3.63) is 30.1 Å². The first-order chi connectivity index (χ1) is 9.80. The number of nitrogens with one attached hydrogen (secondary N) is 1. The number of hydrogen-bond donors (Lipinski definition) is 2. The average Bonchev–Trinajstić information content (AvgIpc) is 2.37. The number of rotatable bonds is 8. The molecular weight excluding hydrogens is 291 g/mol. The van der Waals surface area contributed by atoms with Gasteiger partial charge in [0.2, 0.25) is 5.91 Å². The Morgan fingerprint density at radius 2 is 2.10 bits per heavy atom. The zero-order chi connectivity index (χ0) is 15.9. The second-order valence-corrected chi connectivity index (χ2v) is 6.68. The average molecular weight is 314 g/mol. The van der Waals surface area contributed by atoms with Crippen LogP contribution < -0.4 is 5.32 Å². The maximum Gasteiger partial charge on any atom is 0.220 e. The molecule has 0 aliphatic carbocycles. The van der Waals surface area contributed by atoms with Crippen LogP contribution in [0.25, 0.3) is 0 Å². The van der Waals surface area contributed by atoms with Gasteiger partial charge in [0.25, 0.3) is 0 Å². The lowest BCUT2D eigenvalue weighted by atomic mass is 10.1. The molecule has 2 N–H and O–H groups in total. The molecule has 1 aromatic carbocycles. The van der Waals surface area contributed by atoms with Gasteiger partial charge in [-0.1, -0.05) is 12.1 Å². The SMILES string of the molecule is CN(C)CC(C)(O)CNC(=O)CCSc1ccccc1F. The molecule has 0 aromatic heterocycles. The van der Waals surface area contributed by atoms with Gasteiger partial charge >= 0.3 is 0 Å². The number of benzene rings is 1. The first-order valence-electron chi connectivity index (χ1n) is 6.81. The Bertz CT molecular complexity index is 467. The van der Waals surface area contributed by atoms with E-state index in [2.05, 4.69) is 5.32 Å². The van der Waals surface area contributed by atoms with E-state index in [0.29, 0.717) is 17.2 Å². The Kier molecular flexibility index (Phi) is 7.14. The molecule has 118 valence electrons. The van der Waals surface area contributed by atoms with E-state index in [-0.39, 0.29) is 24.7 Å². The molecule has 0 aliphatic rings. The van der Waals surface area contributed by atoms with Gasteiger partial charge in [0.05, 0.1) is 5.60 Å². The van der Waals surface area contributed by atoms with Crippen LogP contribution in [0.15, 0.2) is 29.2 Å². The summed E-state index contributed by atoms with van der Waals surface area (Å²) in [5.74, 6) is 0.0949. The van der Waals surface area contributed by atoms with Crippen molar-refractivity contribution in [2.24, 2.45) is 0 Å². The van der Waals surface area contributed by atoms with E-state index in [1.165, 1.54) is 17.8 Å². The lowest BCUT2D eigenvalue weighted by molar-refractivity contribution is -0.121. The van der Waals surface area contributed by atoms with Gasteiger partial charge in [0.1, 0.15) is 5.82 Å². The summed E-state index contributed by atoms with van der Waals surface area (Å²) in [7, 11) is 3.72. The summed E-state index contributed by atoms with van der Waals surface area (Å²) in [6, 6.07) is 6.50. The highest BCUT2D eigenvalue weighted by molar-refractivity contribution is 7.99. The fourth-order valence-electron chi connectivity index (χ4n) is 1.93. The highest BCUT2D eigenvalue weighted by Gasteiger charge is 2.21. The van der Waals surface area contributed by atoms with Gasteiger partial charge in [0.15, 0.2) is 0 Å². The third kappa shape index (κ3) is 7.45. The molecule has 1 aromatic rings. The van der Waals surface area contributed by atoms with E-state index < -0.39 is 5.60 Å². The maximum atomic E-state index is 13.4. The largest absolute Gasteiger partial charge is 0.387 e. The van der Waals surface area contributed by atoms with Crippen LogP contribution in [0, 0.1) is 5.82 Å². The zero-order valence-electron chi connectivity index (χ0n) is 12.7. The van der Waals surface area contributed by atoms with E-state index in [0.717, 1.165) is 0 Å². The molecule has 0 spiro atoms. The van der Waals surface area contributed by atoms with Crippen molar-refractivity contribution < 1.29 is 14.3 Å². The Labute approximate surface area is 129 Å². The third-order valence-electron chi connectivity index (χ3n) is 2.75. The molecular formula is C15H23FN2O2S. The number of hydrogen-bond acceptors (Lipinski definition) is 4. The van der Waals surface area contributed by atoms with Crippen LogP contribution in [-0.2, 0) is 4.79 Å². The van der Waals surface area contributed by atoms with Crippen LogP contribution in [0.5, 0.6) is 0 Å². The Morgan fingerprint density at radius 3 is 2.71 bits per heavy atom. The fourth-order valence-corrected chi connectivity index (χ4v) is 2.82. The maximum absolute atomic E-state index is 13.4. The number of amides is 1. The molecule has 0 saturated carbocycles. The summed E-state index contributed by atoms with van der Waals surface area (Å²) >= 11 is 1.31. The number of carbonyl (C=O) groups is 1. The van der Waals surface area contributed by atoms with E-state index in [4.69, 9.17) is 0 Å². The molecule has 0 radical (unpaired) electrons. The van der Waals surface area contributed by atoms with Crippen LogP contribution in [0.3, 0.4) is 0 Å². The van der Waals surface area contributed by atoms with Crippen molar-refractivity contribution in [3.8, 4) is 0 Å². The molecule has 4 nitrogen and oxygen atoms in total. The monoisotopic (exact) mass is 314 g/mol. The summed E-state index contributed by atoms with van der Waals surface area (Å²) < 4.78 is 13.4. The number of halogens is 1. The van der Waals surface area contributed by atoms with Crippen molar-refractivity contribution in [2.45, 2.75) is 23.8 Å². The van der Waals surface area contributed by atoms with Crippen LogP contribution in [-0.4, -0.2) is 54.5 Å². The quantitative estimate of drug-likeness (QED) is 0.718. The number of carbonyl (C=O) groups excluding carboxylic acids is 1.